The van der Waals surface area contributed by atoms with Crippen molar-refractivity contribution in [1.82, 2.24) is 19.8 Å². The predicted octanol–water partition coefficient (Wildman–Crippen LogP) is 3.24. The Morgan fingerprint density at radius 2 is 1.87 bits per heavy atom. The van der Waals surface area contributed by atoms with E-state index in [4.69, 9.17) is 5.21 Å². The number of benzene rings is 2. The second-order valence-corrected chi connectivity index (χ2v) is 11.1. The smallest absolute Gasteiger partial charge is 0.274 e. The first-order valence-electron chi connectivity index (χ1n) is 13.1. The van der Waals surface area contributed by atoms with Gasteiger partial charge >= 0.3 is 0 Å². The van der Waals surface area contributed by atoms with Crippen molar-refractivity contribution in [2.45, 2.75) is 45.1 Å². The highest BCUT2D eigenvalue weighted by Crippen LogP contribution is 2.35. The highest BCUT2D eigenvalue weighted by molar-refractivity contribution is 6.11. The molecule has 1 aliphatic carbocycles. The summed E-state index contributed by atoms with van der Waals surface area (Å²) in [6.45, 7) is 6.24. The molecule has 2 aliphatic rings. The summed E-state index contributed by atoms with van der Waals surface area (Å²) in [6.07, 6.45) is 0.215. The molecule has 2 heterocycles. The molecule has 1 amide bonds. The third-order valence-electron chi connectivity index (χ3n) is 7.66. The van der Waals surface area contributed by atoms with Crippen LogP contribution in [0.2, 0.25) is 0 Å². The molecule has 1 saturated heterocycles. The van der Waals surface area contributed by atoms with Crippen LogP contribution in [0.4, 0.5) is 4.39 Å². The number of nitrogens with zero attached hydrogens (tertiary/aromatic N) is 3. The third kappa shape index (κ3) is 5.37. The molecule has 5 rings (SSSR count). The summed E-state index contributed by atoms with van der Waals surface area (Å²) in [6, 6.07) is 14.9. The van der Waals surface area contributed by atoms with Crippen molar-refractivity contribution in [3.8, 4) is 0 Å². The number of β-amino-alcohol motifs (C(OH)–C–C–N with tert-alkyl or cyclic N) is 1. The van der Waals surface area contributed by atoms with Gasteiger partial charge in [-0.25, -0.2) is 9.87 Å². The van der Waals surface area contributed by atoms with Crippen molar-refractivity contribution < 1.29 is 24.3 Å². The summed E-state index contributed by atoms with van der Waals surface area (Å²) in [4.78, 5) is 29.2. The van der Waals surface area contributed by atoms with Crippen LogP contribution in [0.3, 0.4) is 0 Å². The largest absolute Gasteiger partial charge is 0.389 e. The van der Waals surface area contributed by atoms with Gasteiger partial charge in [-0.1, -0.05) is 30.3 Å². The number of amides is 1. The molecule has 2 atom stereocenters. The molecule has 9 heteroatoms. The topological polar surface area (TPSA) is 98.0 Å². The second-order valence-electron chi connectivity index (χ2n) is 11.1. The van der Waals surface area contributed by atoms with Crippen LogP contribution in [0.25, 0.3) is 10.9 Å². The molecule has 3 N–H and O–H groups in total. The minimum absolute atomic E-state index is 0.0716. The second kappa shape index (κ2) is 10.6. The summed E-state index contributed by atoms with van der Waals surface area (Å²) >= 11 is 0. The lowest BCUT2D eigenvalue weighted by molar-refractivity contribution is -0.0388. The minimum atomic E-state index is -1.17. The maximum absolute atomic E-state index is 15.1. The van der Waals surface area contributed by atoms with Gasteiger partial charge < -0.3 is 9.67 Å². The number of alkyl halides is 1. The molecular weight excluding hydrogens is 487 g/mol. The molecule has 0 bridgehead atoms. The monoisotopic (exact) mass is 522 g/mol. The number of aromatic nitrogens is 1. The Morgan fingerprint density at radius 1 is 1.13 bits per heavy atom. The molecule has 0 radical (unpaired) electrons. The number of aliphatic hydroxyl groups is 1. The lowest BCUT2D eigenvalue weighted by Gasteiger charge is -2.40. The van der Waals surface area contributed by atoms with E-state index in [2.05, 4.69) is 4.57 Å². The summed E-state index contributed by atoms with van der Waals surface area (Å²) < 4.78 is 17.3. The number of carbonyl (C=O) groups is 2. The van der Waals surface area contributed by atoms with E-state index in [-0.39, 0.29) is 18.2 Å². The summed E-state index contributed by atoms with van der Waals surface area (Å²) in [7, 11) is 0. The van der Waals surface area contributed by atoms with E-state index in [9.17, 15) is 14.7 Å². The van der Waals surface area contributed by atoms with Gasteiger partial charge in [-0.15, -0.1) is 0 Å². The maximum Gasteiger partial charge on any atom is 0.274 e. The Balaban J connectivity index is 1.35. The van der Waals surface area contributed by atoms with Crippen LogP contribution in [0, 0.1) is 5.92 Å². The fourth-order valence-corrected chi connectivity index (χ4v) is 5.91. The van der Waals surface area contributed by atoms with Crippen LogP contribution in [-0.4, -0.2) is 81.0 Å². The molecular formula is C29H35FN4O4. The van der Waals surface area contributed by atoms with Gasteiger partial charge in [-0.2, -0.15) is 0 Å². The van der Waals surface area contributed by atoms with Gasteiger partial charge in [0.05, 0.1) is 5.60 Å². The van der Waals surface area contributed by atoms with E-state index in [0.29, 0.717) is 44.7 Å². The van der Waals surface area contributed by atoms with Gasteiger partial charge in [0.15, 0.2) is 12.1 Å². The van der Waals surface area contributed by atoms with Crippen molar-refractivity contribution in [3.05, 3.63) is 70.9 Å². The molecule has 8 nitrogen and oxygen atoms in total. The number of Topliss-reactive ketones (excluding diaryl/α,β-unsaturated/α-hetero) is 1. The minimum Gasteiger partial charge on any atom is -0.389 e. The molecule has 202 valence electrons. The normalized spacial score (nSPS) is 21.0. The summed E-state index contributed by atoms with van der Waals surface area (Å²) in [5, 5.41) is 19.9. The van der Waals surface area contributed by atoms with Crippen molar-refractivity contribution >= 4 is 22.6 Å². The SMILES string of the molecule is CC(C)(O)CN1CCN(CC2CCc3c(c4ccccc4n3Cc3ccc(C(=O)NO)cc3)C2=O)C(F)C1. The molecule has 1 aliphatic heterocycles. The highest BCUT2D eigenvalue weighted by Gasteiger charge is 2.37. The number of piperazine rings is 1. The van der Waals surface area contributed by atoms with Crippen LogP contribution in [0.15, 0.2) is 48.5 Å². The van der Waals surface area contributed by atoms with E-state index in [0.717, 1.165) is 34.1 Å². The number of para-hydroxylation sites is 1. The summed E-state index contributed by atoms with van der Waals surface area (Å²) in [5.74, 6) is -0.759. The van der Waals surface area contributed by atoms with Crippen LogP contribution < -0.4 is 5.48 Å². The van der Waals surface area contributed by atoms with Crippen LogP contribution >= 0.6 is 0 Å². The average molecular weight is 523 g/mol. The van der Waals surface area contributed by atoms with Gasteiger partial charge in [0.1, 0.15) is 0 Å². The van der Waals surface area contributed by atoms with E-state index in [1.165, 1.54) is 0 Å². The molecule has 3 aromatic rings. The van der Waals surface area contributed by atoms with E-state index in [1.54, 1.807) is 36.4 Å². The highest BCUT2D eigenvalue weighted by atomic mass is 19.1. The van der Waals surface area contributed by atoms with Crippen molar-refractivity contribution in [2.24, 2.45) is 5.92 Å². The first-order chi connectivity index (χ1) is 18.1. The third-order valence-corrected chi connectivity index (χ3v) is 7.66. The van der Waals surface area contributed by atoms with Gasteiger partial charge in [-0.3, -0.25) is 24.6 Å². The van der Waals surface area contributed by atoms with Crippen LogP contribution in [0.1, 0.15) is 52.2 Å². The number of hydrogen-bond donors (Lipinski definition) is 3. The quantitative estimate of drug-likeness (QED) is 0.250. The average Bonchev–Trinajstić information content (AvgIpc) is 3.20. The van der Waals surface area contributed by atoms with E-state index in [1.807, 2.05) is 41.3 Å². The van der Waals surface area contributed by atoms with Crippen molar-refractivity contribution in [3.63, 3.8) is 0 Å². The molecule has 1 aromatic heterocycles. The van der Waals surface area contributed by atoms with E-state index >= 15 is 4.39 Å². The fraction of sp³-hybridized carbons (Fsp3) is 0.448. The standard InChI is InChI=1S/C29H35FN4O4/c1-29(2,37)18-32-13-14-33(25(30)17-32)16-21-11-12-24-26(27(21)35)22-5-3-4-6-23(22)34(24)15-19-7-9-20(10-8-19)28(36)31-38/h3-10,21,25,37-38H,11-18H2,1-2H3,(H,31,36). The number of fused-ring (bicyclic) bond motifs is 3. The molecule has 2 aromatic carbocycles. The lowest BCUT2D eigenvalue weighted by atomic mass is 9.84. The first kappa shape index (κ1) is 26.5. The van der Waals surface area contributed by atoms with Crippen LogP contribution in [0.5, 0.6) is 0 Å². The van der Waals surface area contributed by atoms with Crippen molar-refractivity contribution in [2.75, 3.05) is 32.7 Å². The zero-order valence-corrected chi connectivity index (χ0v) is 21.9. The number of rotatable bonds is 7. The molecule has 1 fully saturated rings. The molecule has 38 heavy (non-hydrogen) atoms. The Kier molecular flexibility index (Phi) is 7.37. The van der Waals surface area contributed by atoms with Gasteiger partial charge in [0.2, 0.25) is 0 Å². The molecule has 0 saturated carbocycles. The Morgan fingerprint density at radius 3 is 2.55 bits per heavy atom. The molecule has 0 spiro atoms. The fourth-order valence-electron chi connectivity index (χ4n) is 5.91. The van der Waals surface area contributed by atoms with Crippen LogP contribution in [-0.2, 0) is 13.0 Å². The van der Waals surface area contributed by atoms with Gasteiger partial charge in [0.25, 0.3) is 5.91 Å². The predicted molar refractivity (Wildman–Crippen MR) is 142 cm³/mol. The van der Waals surface area contributed by atoms with Gasteiger partial charge in [-0.05, 0) is 50.5 Å². The van der Waals surface area contributed by atoms with E-state index < -0.39 is 17.8 Å². The zero-order chi connectivity index (χ0) is 27.0. The number of ketones is 1. The number of carbonyl (C=O) groups excluding carboxylic acids is 2. The number of hydrogen-bond acceptors (Lipinski definition) is 6. The Hall–Kier alpha value is -3.11. The number of halogens is 1. The number of hydroxylamine groups is 1. The first-order valence-corrected chi connectivity index (χ1v) is 13.1. The Bertz CT molecular complexity index is 1330. The lowest BCUT2D eigenvalue weighted by Crippen LogP contribution is -2.55. The zero-order valence-electron chi connectivity index (χ0n) is 21.9. The Labute approximate surface area is 221 Å². The molecule has 2 unspecified atom stereocenters. The number of nitrogens with one attached hydrogen (secondary N) is 1. The maximum atomic E-state index is 15.1. The summed E-state index contributed by atoms with van der Waals surface area (Å²) in [5.41, 5.74) is 4.82. The van der Waals surface area contributed by atoms with Crippen molar-refractivity contribution in [1.29, 1.82) is 0 Å². The van der Waals surface area contributed by atoms with Gasteiger partial charge in [0, 0.05) is 72.9 Å².